The van der Waals surface area contributed by atoms with Crippen LogP contribution in [0.4, 0.5) is 4.39 Å². The van der Waals surface area contributed by atoms with Crippen LogP contribution in [0, 0.1) is 5.82 Å². The van der Waals surface area contributed by atoms with Crippen LogP contribution in [-0.2, 0) is 33.9 Å². The molecule has 2 fully saturated rings. The van der Waals surface area contributed by atoms with Crippen molar-refractivity contribution < 1.29 is 36.7 Å². The highest BCUT2D eigenvalue weighted by Crippen LogP contribution is 2.18. The van der Waals surface area contributed by atoms with Gasteiger partial charge < -0.3 is 9.64 Å². The van der Waals surface area contributed by atoms with Crippen molar-refractivity contribution in [1.29, 1.82) is 0 Å². The van der Waals surface area contributed by atoms with E-state index in [1.165, 1.54) is 21.3 Å². The van der Waals surface area contributed by atoms with Crippen LogP contribution >= 0.6 is 0 Å². The third-order valence-electron chi connectivity index (χ3n) is 4.84. The summed E-state index contributed by atoms with van der Waals surface area (Å²) >= 11 is 0. The second-order valence-electron chi connectivity index (χ2n) is 6.77. The highest BCUT2D eigenvalue weighted by Gasteiger charge is 2.32. The molecular formula is C18H20FN3O7S. The van der Waals surface area contributed by atoms with Gasteiger partial charge in [0.25, 0.3) is 5.91 Å². The SMILES string of the molecule is O=C(CN1C(=O)CCC1=O)OCC(=O)N1CCN(S(=O)(=O)c2ccc(F)cc2)CC1. The quantitative estimate of drug-likeness (QED) is 0.425. The van der Waals surface area contributed by atoms with Crippen LogP contribution < -0.4 is 0 Å². The average Bonchev–Trinajstić information content (AvgIpc) is 3.04. The third-order valence-corrected chi connectivity index (χ3v) is 6.75. The lowest BCUT2D eigenvalue weighted by Crippen LogP contribution is -2.51. The first-order valence-corrected chi connectivity index (χ1v) is 10.6. The molecule has 3 amide bonds. The van der Waals surface area contributed by atoms with E-state index >= 15 is 0 Å². The number of hydrogen-bond acceptors (Lipinski definition) is 7. The Bertz CT molecular complexity index is 940. The van der Waals surface area contributed by atoms with E-state index in [0.29, 0.717) is 0 Å². The van der Waals surface area contributed by atoms with Crippen molar-refractivity contribution in [1.82, 2.24) is 14.1 Å². The molecule has 3 rings (SSSR count). The summed E-state index contributed by atoms with van der Waals surface area (Å²) in [6.45, 7) is -0.833. The smallest absolute Gasteiger partial charge is 0.326 e. The molecule has 2 aliphatic rings. The van der Waals surface area contributed by atoms with E-state index in [1.807, 2.05) is 0 Å². The summed E-state index contributed by atoms with van der Waals surface area (Å²) in [6.07, 6.45) is 0.103. The van der Waals surface area contributed by atoms with E-state index in [9.17, 15) is 32.0 Å². The number of carbonyl (C=O) groups is 4. The predicted octanol–water partition coefficient (Wildman–Crippen LogP) is -0.649. The minimum atomic E-state index is -3.80. The summed E-state index contributed by atoms with van der Waals surface area (Å²) < 4.78 is 44.2. The Balaban J connectivity index is 1.47. The monoisotopic (exact) mass is 441 g/mol. The van der Waals surface area contributed by atoms with Crippen LogP contribution in [0.3, 0.4) is 0 Å². The molecule has 0 unspecified atom stereocenters. The first-order chi connectivity index (χ1) is 14.2. The van der Waals surface area contributed by atoms with Gasteiger partial charge in [-0.15, -0.1) is 0 Å². The van der Waals surface area contributed by atoms with Crippen molar-refractivity contribution in [2.45, 2.75) is 17.7 Å². The van der Waals surface area contributed by atoms with Gasteiger partial charge in [-0.3, -0.25) is 24.1 Å². The number of sulfonamides is 1. The number of hydrogen-bond donors (Lipinski definition) is 0. The molecule has 0 saturated carbocycles. The minimum Gasteiger partial charge on any atom is -0.454 e. The van der Waals surface area contributed by atoms with Crippen LogP contribution in [0.5, 0.6) is 0 Å². The molecule has 0 radical (unpaired) electrons. The number of amides is 3. The van der Waals surface area contributed by atoms with Gasteiger partial charge in [-0.1, -0.05) is 0 Å². The zero-order valence-corrected chi connectivity index (χ0v) is 16.8. The van der Waals surface area contributed by atoms with Crippen LogP contribution in [0.15, 0.2) is 29.2 Å². The maximum atomic E-state index is 13.0. The van der Waals surface area contributed by atoms with Crippen molar-refractivity contribution in [3.05, 3.63) is 30.1 Å². The molecular weight excluding hydrogens is 421 g/mol. The molecule has 0 aromatic heterocycles. The second-order valence-corrected chi connectivity index (χ2v) is 8.71. The Kier molecular flexibility index (Phi) is 6.46. The standard InChI is InChI=1S/C18H20FN3O7S/c19-13-1-3-14(4-2-13)30(27,28)21-9-7-20(8-10-21)17(25)12-29-18(26)11-22-15(23)5-6-16(22)24/h1-4H,5-12H2. The van der Waals surface area contributed by atoms with Crippen molar-refractivity contribution in [3.8, 4) is 0 Å². The van der Waals surface area contributed by atoms with Crippen molar-refractivity contribution in [3.63, 3.8) is 0 Å². The summed E-state index contributed by atoms with van der Waals surface area (Å²) in [4.78, 5) is 49.1. The number of likely N-dealkylation sites (tertiary alicyclic amines) is 1. The van der Waals surface area contributed by atoms with Crippen LogP contribution in [0.25, 0.3) is 0 Å². The molecule has 0 aliphatic carbocycles. The average molecular weight is 441 g/mol. The van der Waals surface area contributed by atoms with Crippen LogP contribution in [0.2, 0.25) is 0 Å². The maximum Gasteiger partial charge on any atom is 0.326 e. The number of esters is 1. The Labute approximate surface area is 172 Å². The molecule has 0 atom stereocenters. The van der Waals surface area contributed by atoms with Crippen molar-refractivity contribution in [2.75, 3.05) is 39.3 Å². The Morgan fingerprint density at radius 1 is 0.967 bits per heavy atom. The highest BCUT2D eigenvalue weighted by atomic mass is 32.2. The Hall–Kier alpha value is -2.86. The number of nitrogens with zero attached hydrogens (tertiary/aromatic N) is 3. The Morgan fingerprint density at radius 2 is 1.53 bits per heavy atom. The fourth-order valence-corrected chi connectivity index (χ4v) is 4.56. The van der Waals surface area contributed by atoms with Gasteiger partial charge in [0.15, 0.2) is 6.61 Å². The third kappa shape index (κ3) is 4.82. The molecule has 1 aromatic carbocycles. The number of piperazine rings is 1. The number of carbonyl (C=O) groups excluding carboxylic acids is 4. The lowest BCUT2D eigenvalue weighted by molar-refractivity contribution is -0.156. The van der Waals surface area contributed by atoms with Crippen molar-refractivity contribution in [2.24, 2.45) is 0 Å². The van der Waals surface area contributed by atoms with E-state index in [4.69, 9.17) is 4.74 Å². The first kappa shape index (κ1) is 21.8. The summed E-state index contributed by atoms with van der Waals surface area (Å²) in [7, 11) is -3.80. The number of halogens is 1. The molecule has 162 valence electrons. The fourth-order valence-electron chi connectivity index (χ4n) is 3.14. The molecule has 30 heavy (non-hydrogen) atoms. The lowest BCUT2D eigenvalue weighted by Gasteiger charge is -2.33. The van der Waals surface area contributed by atoms with Crippen LogP contribution in [-0.4, -0.2) is 85.5 Å². The lowest BCUT2D eigenvalue weighted by atomic mass is 10.3. The first-order valence-electron chi connectivity index (χ1n) is 9.21. The number of rotatable bonds is 6. The number of benzene rings is 1. The van der Waals surface area contributed by atoms with Gasteiger partial charge in [-0.2, -0.15) is 4.31 Å². The van der Waals surface area contributed by atoms with Crippen molar-refractivity contribution >= 4 is 33.7 Å². The van der Waals surface area contributed by atoms with E-state index in [1.54, 1.807) is 0 Å². The molecule has 0 bridgehead atoms. The Morgan fingerprint density at radius 3 is 2.10 bits per heavy atom. The molecule has 10 nitrogen and oxygen atoms in total. The molecule has 2 heterocycles. The molecule has 0 spiro atoms. The summed E-state index contributed by atoms with van der Waals surface area (Å²) in [5.74, 6) is -2.84. The van der Waals surface area contributed by atoms with Gasteiger partial charge in [0.1, 0.15) is 12.4 Å². The number of imide groups is 1. The largest absolute Gasteiger partial charge is 0.454 e. The van der Waals surface area contributed by atoms with E-state index in [-0.39, 0.29) is 43.9 Å². The molecule has 1 aromatic rings. The molecule has 2 saturated heterocycles. The summed E-state index contributed by atoms with van der Waals surface area (Å²) in [5, 5.41) is 0. The van der Waals surface area contributed by atoms with Gasteiger partial charge in [-0.25, -0.2) is 12.8 Å². The van der Waals surface area contributed by atoms with Gasteiger partial charge >= 0.3 is 5.97 Å². The van der Waals surface area contributed by atoms with Gasteiger partial charge in [-0.05, 0) is 24.3 Å². The van der Waals surface area contributed by atoms with Gasteiger partial charge in [0, 0.05) is 39.0 Å². The predicted molar refractivity (Wildman–Crippen MR) is 98.7 cm³/mol. The zero-order valence-electron chi connectivity index (χ0n) is 16.0. The van der Waals surface area contributed by atoms with Gasteiger partial charge in [0.05, 0.1) is 4.90 Å². The van der Waals surface area contributed by atoms with Gasteiger partial charge in [0.2, 0.25) is 21.8 Å². The summed E-state index contributed by atoms with van der Waals surface area (Å²) in [6, 6.07) is 4.48. The number of ether oxygens (including phenoxy) is 1. The zero-order chi connectivity index (χ0) is 21.9. The fraction of sp³-hybridized carbons (Fsp3) is 0.444. The second kappa shape index (κ2) is 8.88. The van der Waals surface area contributed by atoms with E-state index < -0.39 is 52.7 Å². The topological polar surface area (TPSA) is 121 Å². The molecule has 2 aliphatic heterocycles. The maximum absolute atomic E-state index is 13.0. The van der Waals surface area contributed by atoms with Crippen LogP contribution in [0.1, 0.15) is 12.8 Å². The highest BCUT2D eigenvalue weighted by molar-refractivity contribution is 7.89. The normalized spacial score (nSPS) is 18.0. The summed E-state index contributed by atoms with van der Waals surface area (Å²) in [5.41, 5.74) is 0. The molecule has 0 N–H and O–H groups in total. The van der Waals surface area contributed by atoms with E-state index in [2.05, 4.69) is 0 Å². The minimum absolute atomic E-state index is 0.0379. The molecule has 12 heteroatoms. The van der Waals surface area contributed by atoms with E-state index in [0.717, 1.165) is 17.0 Å².